The molecule has 0 unspecified atom stereocenters. The maximum atomic E-state index is 10.2. The summed E-state index contributed by atoms with van der Waals surface area (Å²) in [6, 6.07) is 0. The molecule has 12 heavy (non-hydrogen) atoms. The molecule has 1 rings (SSSR count). The number of aromatic nitrogens is 2. The molecule has 1 aromatic rings. The van der Waals surface area contributed by atoms with Crippen molar-refractivity contribution in [2.75, 3.05) is 5.75 Å². The van der Waals surface area contributed by atoms with Crippen LogP contribution in [-0.2, 0) is 16.7 Å². The number of aryl methyl sites for hydroxylation is 1. The summed E-state index contributed by atoms with van der Waals surface area (Å²) in [7, 11) is -4.06. The predicted molar refractivity (Wildman–Crippen MR) is 41.4 cm³/mol. The molecular weight excluding hydrogens is 180 g/mol. The Hall–Kier alpha value is -0.880. The summed E-state index contributed by atoms with van der Waals surface area (Å²) >= 11 is 0. The van der Waals surface area contributed by atoms with E-state index in [9.17, 15) is 13.0 Å². The molecule has 0 aliphatic heterocycles. The van der Waals surface area contributed by atoms with Crippen molar-refractivity contribution < 1.29 is 13.0 Å². The van der Waals surface area contributed by atoms with Crippen molar-refractivity contribution >= 4 is 10.1 Å². The van der Waals surface area contributed by atoms with Gasteiger partial charge in [0.1, 0.15) is 0 Å². The van der Waals surface area contributed by atoms with Crippen LogP contribution in [0.1, 0.15) is 6.42 Å². The minimum Gasteiger partial charge on any atom is -0.748 e. The van der Waals surface area contributed by atoms with Gasteiger partial charge < -0.3 is 9.12 Å². The molecule has 0 saturated carbocycles. The Bertz CT molecular complexity index is 317. The second kappa shape index (κ2) is 3.68. The van der Waals surface area contributed by atoms with Crippen molar-refractivity contribution in [3.63, 3.8) is 0 Å². The first-order chi connectivity index (χ1) is 5.58. The average molecular weight is 189 g/mol. The zero-order valence-electron chi connectivity index (χ0n) is 6.38. The highest BCUT2D eigenvalue weighted by molar-refractivity contribution is 7.85. The SMILES string of the molecule is O=S(=O)([O-])CCCn1ccnc1. The third-order valence-electron chi connectivity index (χ3n) is 1.37. The fourth-order valence-corrected chi connectivity index (χ4v) is 1.33. The lowest BCUT2D eigenvalue weighted by atomic mass is 10.5. The summed E-state index contributed by atoms with van der Waals surface area (Å²) < 4.78 is 32.3. The van der Waals surface area contributed by atoms with Gasteiger partial charge in [-0.2, -0.15) is 0 Å². The fraction of sp³-hybridized carbons (Fsp3) is 0.500. The van der Waals surface area contributed by atoms with E-state index in [2.05, 4.69) is 4.98 Å². The monoisotopic (exact) mass is 189 g/mol. The lowest BCUT2D eigenvalue weighted by molar-refractivity contribution is 0.459. The molecule has 6 heteroatoms. The summed E-state index contributed by atoms with van der Waals surface area (Å²) in [5, 5.41) is 0. The first kappa shape index (κ1) is 9.21. The third kappa shape index (κ3) is 3.49. The van der Waals surface area contributed by atoms with E-state index in [-0.39, 0.29) is 5.75 Å². The van der Waals surface area contributed by atoms with Gasteiger partial charge in [0.25, 0.3) is 0 Å². The minimum absolute atomic E-state index is 0.314. The molecule has 0 aromatic carbocycles. The van der Waals surface area contributed by atoms with Crippen LogP contribution in [0, 0.1) is 0 Å². The maximum Gasteiger partial charge on any atom is 0.0946 e. The molecule has 5 nitrogen and oxygen atoms in total. The van der Waals surface area contributed by atoms with E-state index in [1.165, 1.54) is 0 Å². The Morgan fingerprint density at radius 1 is 1.50 bits per heavy atom. The number of nitrogens with zero attached hydrogens (tertiary/aromatic N) is 2. The lowest BCUT2D eigenvalue weighted by Gasteiger charge is -2.05. The molecule has 0 atom stereocenters. The van der Waals surface area contributed by atoms with Crippen LogP contribution < -0.4 is 0 Å². The van der Waals surface area contributed by atoms with E-state index >= 15 is 0 Å². The second-order valence-electron chi connectivity index (χ2n) is 2.42. The summed E-state index contributed by atoms with van der Waals surface area (Å²) in [4.78, 5) is 3.77. The van der Waals surface area contributed by atoms with Gasteiger partial charge in [0.05, 0.1) is 16.4 Å². The summed E-state index contributed by atoms with van der Waals surface area (Å²) in [6.07, 6.45) is 5.24. The molecular formula is C6H9N2O3S-. The number of imidazole rings is 1. The van der Waals surface area contributed by atoms with Crippen molar-refractivity contribution in [3.05, 3.63) is 18.7 Å². The summed E-state index contributed by atoms with van der Waals surface area (Å²) in [6.45, 7) is 0.515. The lowest BCUT2D eigenvalue weighted by Crippen LogP contribution is -2.07. The molecule has 0 amide bonds. The molecule has 0 bridgehead atoms. The molecule has 0 saturated heterocycles. The normalized spacial score (nSPS) is 11.8. The highest BCUT2D eigenvalue weighted by atomic mass is 32.2. The maximum absolute atomic E-state index is 10.2. The van der Waals surface area contributed by atoms with E-state index in [0.717, 1.165) is 0 Å². The quantitative estimate of drug-likeness (QED) is 0.616. The van der Waals surface area contributed by atoms with E-state index < -0.39 is 10.1 Å². The van der Waals surface area contributed by atoms with Crippen molar-refractivity contribution in [1.82, 2.24) is 9.55 Å². The molecule has 0 N–H and O–H groups in total. The van der Waals surface area contributed by atoms with Crippen LogP contribution in [0.25, 0.3) is 0 Å². The molecule has 1 aromatic heterocycles. The van der Waals surface area contributed by atoms with Gasteiger partial charge >= 0.3 is 0 Å². The van der Waals surface area contributed by atoms with Crippen LogP contribution in [0.15, 0.2) is 18.7 Å². The van der Waals surface area contributed by atoms with Gasteiger partial charge in [0.15, 0.2) is 0 Å². The van der Waals surface area contributed by atoms with E-state index in [1.54, 1.807) is 23.3 Å². The Kier molecular flexibility index (Phi) is 2.83. The zero-order valence-corrected chi connectivity index (χ0v) is 7.20. The highest BCUT2D eigenvalue weighted by Crippen LogP contribution is 1.93. The molecule has 0 fully saturated rings. The number of hydrogen-bond acceptors (Lipinski definition) is 4. The first-order valence-electron chi connectivity index (χ1n) is 3.47. The van der Waals surface area contributed by atoms with Crippen LogP contribution in [0.4, 0.5) is 0 Å². The standard InChI is InChI=1S/C6H10N2O3S/c9-12(10,11)5-1-3-8-4-2-7-6-8/h2,4,6H,1,3,5H2,(H,9,10,11)/p-1. The summed E-state index contributed by atoms with van der Waals surface area (Å²) in [5.41, 5.74) is 0. The van der Waals surface area contributed by atoms with E-state index in [0.29, 0.717) is 13.0 Å². The van der Waals surface area contributed by atoms with Crippen molar-refractivity contribution in [2.24, 2.45) is 0 Å². The third-order valence-corrected chi connectivity index (χ3v) is 2.16. The van der Waals surface area contributed by atoms with E-state index in [4.69, 9.17) is 0 Å². The van der Waals surface area contributed by atoms with Gasteiger partial charge in [-0.15, -0.1) is 0 Å². The van der Waals surface area contributed by atoms with Gasteiger partial charge in [-0.1, -0.05) is 0 Å². The highest BCUT2D eigenvalue weighted by Gasteiger charge is 1.95. The molecule has 1 heterocycles. The summed E-state index contributed by atoms with van der Waals surface area (Å²) in [5.74, 6) is -0.314. The number of hydrogen-bond donors (Lipinski definition) is 0. The van der Waals surface area contributed by atoms with Gasteiger partial charge in [-0.05, 0) is 6.42 Å². The average Bonchev–Trinajstić information content (AvgIpc) is 2.36. The fourth-order valence-electron chi connectivity index (χ4n) is 0.843. The van der Waals surface area contributed by atoms with Crippen molar-refractivity contribution in [3.8, 4) is 0 Å². The Labute approximate surface area is 70.8 Å². The first-order valence-corrected chi connectivity index (χ1v) is 5.05. The molecule has 0 spiro atoms. The van der Waals surface area contributed by atoms with Gasteiger partial charge in [-0.25, -0.2) is 13.4 Å². The van der Waals surface area contributed by atoms with Crippen LogP contribution >= 0.6 is 0 Å². The smallest absolute Gasteiger partial charge is 0.0946 e. The van der Waals surface area contributed by atoms with Gasteiger partial charge in [0.2, 0.25) is 0 Å². The van der Waals surface area contributed by atoms with Gasteiger partial charge in [0, 0.05) is 24.7 Å². The Morgan fingerprint density at radius 2 is 2.25 bits per heavy atom. The van der Waals surface area contributed by atoms with Crippen LogP contribution in [0.2, 0.25) is 0 Å². The zero-order chi connectivity index (χ0) is 9.03. The van der Waals surface area contributed by atoms with Crippen LogP contribution in [0.5, 0.6) is 0 Å². The van der Waals surface area contributed by atoms with Crippen molar-refractivity contribution in [2.45, 2.75) is 13.0 Å². The van der Waals surface area contributed by atoms with Gasteiger partial charge in [-0.3, -0.25) is 0 Å². The number of rotatable bonds is 4. The molecule has 0 aliphatic rings. The van der Waals surface area contributed by atoms with Crippen molar-refractivity contribution in [1.29, 1.82) is 0 Å². The second-order valence-corrected chi connectivity index (χ2v) is 3.94. The minimum atomic E-state index is -4.06. The largest absolute Gasteiger partial charge is 0.748 e. The Balaban J connectivity index is 2.29. The topological polar surface area (TPSA) is 75.0 Å². The molecule has 0 radical (unpaired) electrons. The molecule has 0 aliphatic carbocycles. The van der Waals surface area contributed by atoms with E-state index in [1.807, 2.05) is 0 Å². The van der Waals surface area contributed by atoms with Crippen LogP contribution in [-0.4, -0.2) is 28.3 Å². The predicted octanol–water partition coefficient (Wildman–Crippen LogP) is -0.182. The van der Waals surface area contributed by atoms with Crippen LogP contribution in [0.3, 0.4) is 0 Å². The Morgan fingerprint density at radius 3 is 2.75 bits per heavy atom. The molecule has 68 valence electrons.